The van der Waals surface area contributed by atoms with Gasteiger partial charge in [0.05, 0.1) is 12.3 Å². The maximum absolute atomic E-state index is 10.1. The fraction of sp³-hybridized carbons (Fsp3) is 0.615. The first-order valence-electron chi connectivity index (χ1n) is 6.07. The van der Waals surface area contributed by atoms with Crippen LogP contribution >= 0.6 is 15.9 Å². The molecular weight excluding hydrogens is 310 g/mol. The smallest absolute Gasteiger partial charge is 0.192 e. The summed E-state index contributed by atoms with van der Waals surface area (Å²) in [5.74, 6) is 0. The van der Waals surface area contributed by atoms with Gasteiger partial charge in [0.1, 0.15) is 6.10 Å². The lowest BCUT2D eigenvalue weighted by Gasteiger charge is -2.36. The summed E-state index contributed by atoms with van der Waals surface area (Å²) in [6.07, 6.45) is 1.03. The van der Waals surface area contributed by atoms with Gasteiger partial charge in [-0.3, -0.25) is 4.98 Å². The largest absolute Gasteiger partial charge is 0.414 e. The predicted molar refractivity (Wildman–Crippen MR) is 80.0 cm³/mol. The molecule has 1 aromatic heterocycles. The number of hydrogen-bond donors (Lipinski definition) is 1. The van der Waals surface area contributed by atoms with Crippen LogP contribution < -0.4 is 0 Å². The molecule has 0 aromatic carbocycles. The Morgan fingerprint density at radius 3 is 2.44 bits per heavy atom. The predicted octanol–water partition coefficient (Wildman–Crippen LogP) is 3.90. The highest BCUT2D eigenvalue weighted by atomic mass is 79.9. The molecule has 0 radical (unpaired) electrons. The normalized spacial score (nSPS) is 14.6. The average molecular weight is 332 g/mol. The van der Waals surface area contributed by atoms with Crippen LogP contribution in [0.4, 0.5) is 0 Å². The number of aliphatic hydroxyl groups excluding tert-OH is 1. The summed E-state index contributed by atoms with van der Waals surface area (Å²) in [7, 11) is -1.81. The van der Waals surface area contributed by atoms with Gasteiger partial charge in [0.25, 0.3) is 0 Å². The zero-order valence-electron chi connectivity index (χ0n) is 11.7. The number of hydrogen-bond acceptors (Lipinski definition) is 3. The molecule has 1 unspecified atom stereocenters. The topological polar surface area (TPSA) is 42.4 Å². The van der Waals surface area contributed by atoms with Gasteiger partial charge >= 0.3 is 0 Å². The van der Waals surface area contributed by atoms with E-state index in [0.717, 1.165) is 4.47 Å². The molecule has 0 saturated heterocycles. The SMILES string of the molecule is CC(C)(C)[Si](C)(C)OCC(O)c1ccc(Br)cn1. The lowest BCUT2D eigenvalue weighted by Crippen LogP contribution is -2.41. The van der Waals surface area contributed by atoms with Crippen molar-refractivity contribution in [1.82, 2.24) is 4.98 Å². The summed E-state index contributed by atoms with van der Waals surface area (Å²) >= 11 is 3.32. The molecule has 0 aliphatic carbocycles. The molecule has 102 valence electrons. The van der Waals surface area contributed by atoms with Gasteiger partial charge < -0.3 is 9.53 Å². The van der Waals surface area contributed by atoms with Crippen molar-refractivity contribution in [3.8, 4) is 0 Å². The summed E-state index contributed by atoms with van der Waals surface area (Å²) in [5.41, 5.74) is 0.650. The first kappa shape index (κ1) is 15.8. The first-order valence-corrected chi connectivity index (χ1v) is 9.77. The second-order valence-corrected chi connectivity index (χ2v) is 11.7. The third kappa shape index (κ3) is 4.15. The number of halogens is 1. The Hall–Kier alpha value is -0.233. The summed E-state index contributed by atoms with van der Waals surface area (Å²) < 4.78 is 6.88. The van der Waals surface area contributed by atoms with Gasteiger partial charge in [0.2, 0.25) is 0 Å². The maximum Gasteiger partial charge on any atom is 0.192 e. The molecule has 1 atom stereocenters. The van der Waals surface area contributed by atoms with Crippen LogP contribution in [-0.4, -0.2) is 25.0 Å². The summed E-state index contributed by atoms with van der Waals surface area (Å²) in [4.78, 5) is 4.18. The minimum atomic E-state index is -1.81. The molecule has 3 nitrogen and oxygen atoms in total. The van der Waals surface area contributed by atoms with E-state index in [2.05, 4.69) is 54.8 Å². The van der Waals surface area contributed by atoms with Gasteiger partial charge in [0, 0.05) is 10.7 Å². The number of aliphatic hydroxyl groups is 1. The molecule has 1 heterocycles. The van der Waals surface area contributed by atoms with Crippen molar-refractivity contribution in [2.24, 2.45) is 0 Å². The molecule has 18 heavy (non-hydrogen) atoms. The summed E-state index contributed by atoms with van der Waals surface area (Å²) in [6.45, 7) is 11.2. The van der Waals surface area contributed by atoms with Gasteiger partial charge in [-0.2, -0.15) is 0 Å². The van der Waals surface area contributed by atoms with Crippen molar-refractivity contribution in [2.45, 2.75) is 45.0 Å². The molecule has 1 N–H and O–H groups in total. The second-order valence-electron chi connectivity index (χ2n) is 5.99. The summed E-state index contributed by atoms with van der Waals surface area (Å²) in [6, 6.07) is 3.68. The van der Waals surface area contributed by atoms with Crippen LogP contribution in [0.15, 0.2) is 22.8 Å². The van der Waals surface area contributed by atoms with E-state index in [1.807, 2.05) is 12.1 Å². The fourth-order valence-corrected chi connectivity index (χ4v) is 2.42. The monoisotopic (exact) mass is 331 g/mol. The van der Waals surface area contributed by atoms with E-state index < -0.39 is 14.4 Å². The lowest BCUT2D eigenvalue weighted by molar-refractivity contribution is 0.0969. The van der Waals surface area contributed by atoms with E-state index >= 15 is 0 Å². The zero-order valence-corrected chi connectivity index (χ0v) is 14.3. The van der Waals surface area contributed by atoms with Crippen LogP contribution in [-0.2, 0) is 4.43 Å². The Bertz CT molecular complexity index is 387. The number of pyridine rings is 1. The molecule has 0 aliphatic heterocycles. The highest BCUT2D eigenvalue weighted by Gasteiger charge is 2.37. The zero-order chi connectivity index (χ0) is 14.0. The van der Waals surface area contributed by atoms with Crippen molar-refractivity contribution in [3.05, 3.63) is 28.5 Å². The van der Waals surface area contributed by atoms with Gasteiger partial charge in [-0.15, -0.1) is 0 Å². The average Bonchev–Trinajstić information content (AvgIpc) is 2.25. The van der Waals surface area contributed by atoms with Crippen molar-refractivity contribution in [3.63, 3.8) is 0 Å². The van der Waals surface area contributed by atoms with Crippen LogP contribution in [0.25, 0.3) is 0 Å². The third-order valence-corrected chi connectivity index (χ3v) is 8.47. The van der Waals surface area contributed by atoms with E-state index in [9.17, 15) is 5.11 Å². The molecular formula is C13H22BrNO2Si. The quantitative estimate of drug-likeness (QED) is 0.851. The number of nitrogens with zero attached hydrogens (tertiary/aromatic N) is 1. The van der Waals surface area contributed by atoms with E-state index in [0.29, 0.717) is 12.3 Å². The van der Waals surface area contributed by atoms with Crippen molar-refractivity contribution < 1.29 is 9.53 Å². The van der Waals surface area contributed by atoms with E-state index in [-0.39, 0.29) is 5.04 Å². The maximum atomic E-state index is 10.1. The summed E-state index contributed by atoms with van der Waals surface area (Å²) in [5, 5.41) is 10.2. The second kappa shape index (κ2) is 5.82. The molecule has 0 amide bonds. The van der Waals surface area contributed by atoms with E-state index in [1.54, 1.807) is 6.20 Å². The minimum Gasteiger partial charge on any atom is -0.414 e. The number of aromatic nitrogens is 1. The minimum absolute atomic E-state index is 0.153. The Kier molecular flexibility index (Phi) is 5.11. The molecule has 5 heteroatoms. The highest BCUT2D eigenvalue weighted by Crippen LogP contribution is 2.37. The van der Waals surface area contributed by atoms with Crippen molar-refractivity contribution in [1.29, 1.82) is 0 Å². The number of rotatable bonds is 4. The first-order chi connectivity index (χ1) is 8.13. The Labute approximate surface area is 119 Å². The Morgan fingerprint density at radius 1 is 1.39 bits per heavy atom. The fourth-order valence-electron chi connectivity index (χ4n) is 1.17. The van der Waals surface area contributed by atoms with Crippen LogP contribution in [0.3, 0.4) is 0 Å². The standard InChI is InChI=1S/C13H22BrNO2Si/c1-13(2,3)18(4,5)17-9-12(16)11-7-6-10(14)8-15-11/h6-8,12,16H,9H2,1-5H3. The third-order valence-electron chi connectivity index (χ3n) is 3.50. The van der Waals surface area contributed by atoms with Gasteiger partial charge in [-0.05, 0) is 46.2 Å². The molecule has 0 saturated carbocycles. The van der Waals surface area contributed by atoms with Gasteiger partial charge in [-0.25, -0.2) is 0 Å². The van der Waals surface area contributed by atoms with Crippen molar-refractivity contribution in [2.75, 3.05) is 6.61 Å². The Morgan fingerprint density at radius 2 is 2.00 bits per heavy atom. The van der Waals surface area contributed by atoms with Crippen LogP contribution in [0.2, 0.25) is 18.1 Å². The highest BCUT2D eigenvalue weighted by molar-refractivity contribution is 9.10. The van der Waals surface area contributed by atoms with Crippen LogP contribution in [0, 0.1) is 0 Å². The molecule has 0 aliphatic rings. The van der Waals surface area contributed by atoms with Crippen molar-refractivity contribution >= 4 is 24.2 Å². The molecule has 0 spiro atoms. The van der Waals surface area contributed by atoms with Crippen LogP contribution in [0.5, 0.6) is 0 Å². The molecule has 1 aromatic rings. The molecule has 1 rings (SSSR count). The van der Waals surface area contributed by atoms with E-state index in [4.69, 9.17) is 4.43 Å². The van der Waals surface area contributed by atoms with Crippen LogP contribution in [0.1, 0.15) is 32.6 Å². The molecule has 0 fully saturated rings. The molecule has 0 bridgehead atoms. The van der Waals surface area contributed by atoms with Gasteiger partial charge in [-0.1, -0.05) is 20.8 Å². The van der Waals surface area contributed by atoms with Gasteiger partial charge in [0.15, 0.2) is 8.32 Å². The van der Waals surface area contributed by atoms with E-state index in [1.165, 1.54) is 0 Å². The lowest BCUT2D eigenvalue weighted by atomic mass is 10.2. The Balaban J connectivity index is 2.61.